The van der Waals surface area contributed by atoms with Crippen molar-refractivity contribution in [2.75, 3.05) is 55.4 Å². The highest BCUT2D eigenvalue weighted by Crippen LogP contribution is 2.36. The smallest absolute Gasteiger partial charge is 0.274 e. The van der Waals surface area contributed by atoms with Gasteiger partial charge in [-0.1, -0.05) is 37.5 Å². The number of hydrogen-bond acceptors (Lipinski definition) is 13. The first-order valence-electron chi connectivity index (χ1n) is 22.1. The first-order valence-corrected chi connectivity index (χ1v) is 22.1. The molecule has 2 aromatic heterocycles. The molecule has 18 heteroatoms. The summed E-state index contributed by atoms with van der Waals surface area (Å²) in [7, 11) is 1.41. The first-order chi connectivity index (χ1) is 32.6. The minimum Gasteiger partial charge on any atom is -0.496 e. The van der Waals surface area contributed by atoms with Gasteiger partial charge in [0.25, 0.3) is 17.7 Å². The van der Waals surface area contributed by atoms with E-state index >= 15 is 0 Å². The number of aromatic nitrogens is 3. The predicted molar refractivity (Wildman–Crippen MR) is 244 cm³/mol. The van der Waals surface area contributed by atoms with Crippen molar-refractivity contribution in [3.63, 3.8) is 0 Å². The lowest BCUT2D eigenvalue weighted by Gasteiger charge is -2.37. The zero-order chi connectivity index (χ0) is 47.0. The van der Waals surface area contributed by atoms with Crippen LogP contribution in [0.4, 0.5) is 21.5 Å². The standard InChI is InChI=1S/C49H47FN10O7/c1-67-40-12-8-10-34(50)44(40)45-54-22-19-37(55-45)46(63)56-35-15-14-30(33-29-52-21-18-31(33)28-51)27-39(35)58-23-25-59(26-24-58)42(62)13-5-3-2-4-6-20-53-36-11-7-9-32-43(36)49(66)60(48(32)65)38-16-17-41(61)57-47(38)64/h7-12,14-15,18-19,21-22,27,29,38,53H,2-6,13,16-17,20,23-26H2,1H3,(H,56,63)(H,57,61,64). The fourth-order valence-electron chi connectivity index (χ4n) is 8.64. The summed E-state index contributed by atoms with van der Waals surface area (Å²) in [6.07, 6.45) is 9.26. The third-order valence-corrected chi connectivity index (χ3v) is 12.1. The van der Waals surface area contributed by atoms with Crippen LogP contribution in [-0.2, 0) is 14.4 Å². The van der Waals surface area contributed by atoms with Crippen LogP contribution in [0.1, 0.15) is 88.1 Å². The molecule has 3 aliphatic rings. The normalized spacial score (nSPS) is 15.8. The van der Waals surface area contributed by atoms with Gasteiger partial charge in [0.15, 0.2) is 5.82 Å². The summed E-state index contributed by atoms with van der Waals surface area (Å²) in [6.45, 7) is 2.43. The van der Waals surface area contributed by atoms with Crippen molar-refractivity contribution in [3.05, 3.63) is 114 Å². The van der Waals surface area contributed by atoms with Gasteiger partial charge in [-0.05, 0) is 73.4 Å². The molecule has 0 bridgehead atoms. The number of piperidine rings is 1. The van der Waals surface area contributed by atoms with Gasteiger partial charge in [0, 0.05) is 75.4 Å². The van der Waals surface area contributed by atoms with E-state index in [1.54, 1.807) is 54.9 Å². The van der Waals surface area contributed by atoms with Gasteiger partial charge in [-0.3, -0.25) is 44.0 Å². The summed E-state index contributed by atoms with van der Waals surface area (Å²) in [5.41, 5.74) is 3.95. The quantitative estimate of drug-likeness (QED) is 0.0768. The highest BCUT2D eigenvalue weighted by molar-refractivity contribution is 6.25. The molecule has 3 aliphatic heterocycles. The van der Waals surface area contributed by atoms with Gasteiger partial charge in [0.05, 0.1) is 46.8 Å². The number of methoxy groups -OCH3 is 1. The first kappa shape index (κ1) is 45.5. The molecule has 0 saturated carbocycles. The summed E-state index contributed by atoms with van der Waals surface area (Å²) in [5, 5.41) is 18.3. The molecule has 17 nitrogen and oxygen atoms in total. The number of benzene rings is 3. The number of pyridine rings is 1. The molecule has 6 amide bonds. The Morgan fingerprint density at radius 1 is 0.881 bits per heavy atom. The van der Waals surface area contributed by atoms with E-state index in [2.05, 4.69) is 41.9 Å². The zero-order valence-corrected chi connectivity index (χ0v) is 36.7. The molecule has 0 spiro atoms. The summed E-state index contributed by atoms with van der Waals surface area (Å²) in [5.74, 6) is -3.05. The number of rotatable bonds is 16. The van der Waals surface area contributed by atoms with Crippen molar-refractivity contribution in [2.45, 2.75) is 57.4 Å². The van der Waals surface area contributed by atoms with Crippen LogP contribution in [-0.4, -0.2) is 106 Å². The van der Waals surface area contributed by atoms with E-state index in [-0.39, 0.29) is 52.7 Å². The number of carbonyl (C=O) groups is 6. The Balaban J connectivity index is 0.834. The minimum absolute atomic E-state index is 0.00420. The molecule has 0 radical (unpaired) electrons. The summed E-state index contributed by atoms with van der Waals surface area (Å²) >= 11 is 0. The molecule has 5 heterocycles. The van der Waals surface area contributed by atoms with E-state index in [4.69, 9.17) is 4.74 Å². The zero-order valence-electron chi connectivity index (χ0n) is 36.7. The van der Waals surface area contributed by atoms with E-state index in [9.17, 15) is 38.4 Å². The number of hydrogen-bond donors (Lipinski definition) is 3. The predicted octanol–water partition coefficient (Wildman–Crippen LogP) is 5.98. The lowest BCUT2D eigenvalue weighted by atomic mass is 10.0. The second kappa shape index (κ2) is 20.4. The van der Waals surface area contributed by atoms with Gasteiger partial charge >= 0.3 is 0 Å². The van der Waals surface area contributed by atoms with Crippen LogP contribution in [0.25, 0.3) is 22.5 Å². The Morgan fingerprint density at radius 3 is 2.46 bits per heavy atom. The van der Waals surface area contributed by atoms with Crippen LogP contribution in [0.3, 0.4) is 0 Å². The Hall–Kier alpha value is -8.07. The Bertz CT molecular complexity index is 2810. The maximum absolute atomic E-state index is 14.9. The lowest BCUT2D eigenvalue weighted by Crippen LogP contribution is -2.54. The van der Waals surface area contributed by atoms with Crippen LogP contribution in [0, 0.1) is 17.1 Å². The number of unbranched alkanes of at least 4 members (excludes halogenated alkanes) is 4. The van der Waals surface area contributed by atoms with Gasteiger partial charge in [0.1, 0.15) is 23.3 Å². The van der Waals surface area contributed by atoms with E-state index in [0.717, 1.165) is 42.6 Å². The molecular formula is C49H47FN10O7. The number of nitriles is 1. The third kappa shape index (κ3) is 9.81. The molecule has 2 saturated heterocycles. The molecule has 67 heavy (non-hydrogen) atoms. The number of ether oxygens (including phenoxy) is 1. The Kier molecular flexibility index (Phi) is 13.9. The van der Waals surface area contributed by atoms with E-state index < -0.39 is 41.4 Å². The van der Waals surface area contributed by atoms with Gasteiger partial charge < -0.3 is 25.2 Å². The lowest BCUT2D eigenvalue weighted by molar-refractivity contribution is -0.136. The van der Waals surface area contributed by atoms with Gasteiger partial charge in [-0.15, -0.1) is 0 Å². The number of nitrogens with zero attached hydrogens (tertiary/aromatic N) is 7. The SMILES string of the molecule is COc1cccc(F)c1-c1nccc(C(=O)Nc2ccc(-c3cnccc3C#N)cc2N2CCN(C(=O)CCCCCCCNc3cccc4c3C(=O)N(C3CCC(=O)NC3=O)C4=O)CC2)n1. The number of piperazine rings is 1. The average Bonchev–Trinajstić information content (AvgIpc) is 3.60. The summed E-state index contributed by atoms with van der Waals surface area (Å²) in [6, 6.07) is 19.0. The van der Waals surface area contributed by atoms with Crippen LogP contribution < -0.4 is 25.6 Å². The molecule has 342 valence electrons. The molecule has 3 aromatic carbocycles. The molecule has 3 N–H and O–H groups in total. The molecular weight excluding hydrogens is 860 g/mol. The second-order valence-electron chi connectivity index (χ2n) is 16.3. The number of anilines is 3. The molecule has 2 fully saturated rings. The maximum Gasteiger partial charge on any atom is 0.274 e. The molecule has 5 aromatic rings. The number of imide groups is 2. The van der Waals surface area contributed by atoms with Crippen molar-refractivity contribution >= 4 is 52.5 Å². The fraction of sp³-hybridized carbons (Fsp3) is 0.306. The Labute approximate surface area is 385 Å². The van der Waals surface area contributed by atoms with Crippen LogP contribution in [0.5, 0.6) is 5.75 Å². The molecule has 1 atom stereocenters. The van der Waals surface area contributed by atoms with E-state index in [0.29, 0.717) is 67.3 Å². The van der Waals surface area contributed by atoms with Gasteiger partial charge in [-0.2, -0.15) is 5.26 Å². The van der Waals surface area contributed by atoms with Crippen LogP contribution in [0.2, 0.25) is 0 Å². The minimum atomic E-state index is -1.03. The van der Waals surface area contributed by atoms with E-state index in [1.807, 2.05) is 11.0 Å². The molecule has 8 rings (SSSR count). The van der Waals surface area contributed by atoms with Crippen molar-refractivity contribution < 1.29 is 37.9 Å². The largest absolute Gasteiger partial charge is 0.496 e. The number of nitrogens with one attached hydrogen (secondary N) is 3. The fourth-order valence-corrected chi connectivity index (χ4v) is 8.64. The summed E-state index contributed by atoms with van der Waals surface area (Å²) in [4.78, 5) is 95.5. The maximum atomic E-state index is 14.9. The average molecular weight is 907 g/mol. The number of amides is 6. The Morgan fingerprint density at radius 2 is 1.67 bits per heavy atom. The van der Waals surface area contributed by atoms with Crippen molar-refractivity contribution in [3.8, 4) is 34.3 Å². The topological polar surface area (TPSA) is 220 Å². The van der Waals surface area contributed by atoms with Gasteiger partial charge in [-0.25, -0.2) is 14.4 Å². The van der Waals surface area contributed by atoms with Crippen molar-refractivity contribution in [1.29, 1.82) is 5.26 Å². The molecule has 1 unspecified atom stereocenters. The second-order valence-corrected chi connectivity index (χ2v) is 16.3. The molecule has 0 aliphatic carbocycles. The third-order valence-electron chi connectivity index (χ3n) is 12.1. The van der Waals surface area contributed by atoms with Crippen molar-refractivity contribution in [2.24, 2.45) is 0 Å². The number of carbonyl (C=O) groups excluding carboxylic acids is 6. The highest BCUT2D eigenvalue weighted by Gasteiger charge is 2.45. The van der Waals surface area contributed by atoms with Crippen LogP contribution in [0.15, 0.2) is 85.3 Å². The van der Waals surface area contributed by atoms with E-state index in [1.165, 1.54) is 31.5 Å². The highest BCUT2D eigenvalue weighted by atomic mass is 19.1. The number of fused-ring (bicyclic) bond motifs is 1. The summed E-state index contributed by atoms with van der Waals surface area (Å²) < 4.78 is 20.2. The van der Waals surface area contributed by atoms with Gasteiger partial charge in [0.2, 0.25) is 17.7 Å². The monoisotopic (exact) mass is 906 g/mol. The van der Waals surface area contributed by atoms with Crippen molar-refractivity contribution in [1.82, 2.24) is 30.1 Å². The number of halogens is 1. The van der Waals surface area contributed by atoms with Crippen LogP contribution >= 0.6 is 0 Å².